The first-order chi connectivity index (χ1) is 10.5. The molecule has 1 aromatic rings. The molecule has 22 heavy (non-hydrogen) atoms. The topological polar surface area (TPSA) is 72.6 Å². The van der Waals surface area contributed by atoms with Gasteiger partial charge in [0, 0.05) is 25.1 Å². The number of nitrogens with zero attached hydrogens (tertiary/aromatic N) is 1. The molecule has 1 heterocycles. The van der Waals surface area contributed by atoms with Gasteiger partial charge in [0.1, 0.15) is 5.82 Å². The maximum Gasteiger partial charge on any atom is 0.260 e. The number of ether oxygens (including phenoxy) is 1. The molecule has 0 saturated carbocycles. The lowest BCUT2D eigenvalue weighted by molar-refractivity contribution is -0.138. The smallest absolute Gasteiger partial charge is 0.260 e. The van der Waals surface area contributed by atoms with Gasteiger partial charge in [-0.25, -0.2) is 8.78 Å². The lowest BCUT2D eigenvalue weighted by Crippen LogP contribution is -2.47. The molecule has 5 nitrogen and oxygen atoms in total. The second kappa shape index (κ2) is 7.20. The van der Waals surface area contributed by atoms with Crippen LogP contribution in [0.3, 0.4) is 0 Å². The van der Waals surface area contributed by atoms with Crippen molar-refractivity contribution in [2.75, 3.05) is 13.2 Å². The van der Waals surface area contributed by atoms with Crippen molar-refractivity contribution < 1.29 is 23.1 Å². The van der Waals surface area contributed by atoms with Crippen LogP contribution < -0.4 is 10.5 Å². The van der Waals surface area contributed by atoms with E-state index in [0.29, 0.717) is 19.0 Å². The fourth-order valence-corrected chi connectivity index (χ4v) is 2.59. The van der Waals surface area contributed by atoms with Gasteiger partial charge in [-0.2, -0.15) is 0 Å². The Morgan fingerprint density at radius 1 is 1.32 bits per heavy atom. The summed E-state index contributed by atoms with van der Waals surface area (Å²) >= 11 is 0. The predicted molar refractivity (Wildman–Crippen MR) is 75.0 cm³/mol. The van der Waals surface area contributed by atoms with Gasteiger partial charge in [0.25, 0.3) is 5.91 Å². The number of nitrogens with two attached hydrogens (primary N) is 1. The van der Waals surface area contributed by atoms with Gasteiger partial charge in [0.15, 0.2) is 18.2 Å². The summed E-state index contributed by atoms with van der Waals surface area (Å²) < 4.78 is 31.3. The van der Waals surface area contributed by atoms with Gasteiger partial charge in [-0.05, 0) is 31.4 Å². The highest BCUT2D eigenvalue weighted by Crippen LogP contribution is 2.21. The molecule has 0 radical (unpaired) electrons. The van der Waals surface area contributed by atoms with Crippen LogP contribution in [0.1, 0.15) is 25.7 Å². The normalized spacial score (nSPS) is 18.1. The van der Waals surface area contributed by atoms with Gasteiger partial charge in [-0.15, -0.1) is 0 Å². The highest BCUT2D eigenvalue weighted by molar-refractivity contribution is 5.80. The number of benzene rings is 1. The van der Waals surface area contributed by atoms with E-state index in [9.17, 15) is 18.4 Å². The van der Waals surface area contributed by atoms with Crippen molar-refractivity contribution in [3.05, 3.63) is 29.8 Å². The monoisotopic (exact) mass is 312 g/mol. The summed E-state index contributed by atoms with van der Waals surface area (Å²) in [5, 5.41) is 0. The molecule has 0 spiro atoms. The molecule has 1 atom stereocenters. The zero-order chi connectivity index (χ0) is 16.1. The number of rotatable bonds is 5. The summed E-state index contributed by atoms with van der Waals surface area (Å²) in [4.78, 5) is 24.8. The van der Waals surface area contributed by atoms with E-state index in [4.69, 9.17) is 10.5 Å². The molecule has 1 aliphatic rings. The van der Waals surface area contributed by atoms with E-state index in [2.05, 4.69) is 0 Å². The Balaban J connectivity index is 1.96. The summed E-state index contributed by atoms with van der Waals surface area (Å²) in [5.41, 5.74) is 5.19. The van der Waals surface area contributed by atoms with Crippen LogP contribution in [0.2, 0.25) is 0 Å². The SMILES string of the molecule is NC(=O)C[C@H]1CCCCN1C(=O)COc1ccc(F)cc1F. The van der Waals surface area contributed by atoms with Crippen molar-refractivity contribution in [3.8, 4) is 5.75 Å². The number of likely N-dealkylation sites (tertiary alicyclic amines) is 1. The molecular formula is C15H18F2N2O3. The molecule has 1 fully saturated rings. The minimum atomic E-state index is -0.861. The average Bonchev–Trinajstić information content (AvgIpc) is 2.46. The Morgan fingerprint density at radius 2 is 2.09 bits per heavy atom. The number of amides is 2. The highest BCUT2D eigenvalue weighted by atomic mass is 19.1. The van der Waals surface area contributed by atoms with E-state index in [-0.39, 0.29) is 30.7 Å². The summed E-state index contributed by atoms with van der Waals surface area (Å²) in [6.45, 7) is 0.157. The van der Waals surface area contributed by atoms with Crippen molar-refractivity contribution in [2.45, 2.75) is 31.7 Å². The largest absolute Gasteiger partial charge is 0.481 e. The second-order valence-corrected chi connectivity index (χ2v) is 5.27. The third-order valence-corrected chi connectivity index (χ3v) is 3.63. The van der Waals surface area contributed by atoms with Crippen LogP contribution in [-0.4, -0.2) is 35.9 Å². The minimum absolute atomic E-state index is 0.108. The first-order valence-corrected chi connectivity index (χ1v) is 7.13. The Bertz CT molecular complexity index is 566. The van der Waals surface area contributed by atoms with Gasteiger partial charge in [-0.3, -0.25) is 9.59 Å². The molecule has 120 valence electrons. The Kier molecular flexibility index (Phi) is 5.30. The molecule has 0 bridgehead atoms. The summed E-state index contributed by atoms with van der Waals surface area (Å²) in [7, 11) is 0. The number of carbonyl (C=O) groups excluding carboxylic acids is 2. The summed E-state index contributed by atoms with van der Waals surface area (Å²) in [6.07, 6.45) is 2.58. The predicted octanol–water partition coefficient (Wildman–Crippen LogP) is 1.60. The van der Waals surface area contributed by atoms with Gasteiger partial charge in [-0.1, -0.05) is 0 Å². The number of piperidine rings is 1. The second-order valence-electron chi connectivity index (χ2n) is 5.27. The zero-order valence-electron chi connectivity index (χ0n) is 12.1. The lowest BCUT2D eigenvalue weighted by atomic mass is 9.99. The van der Waals surface area contributed by atoms with Crippen molar-refractivity contribution in [1.29, 1.82) is 0 Å². The molecule has 2 amide bonds. The number of hydrogen-bond acceptors (Lipinski definition) is 3. The molecule has 2 N–H and O–H groups in total. The van der Waals surface area contributed by atoms with Crippen molar-refractivity contribution >= 4 is 11.8 Å². The van der Waals surface area contributed by atoms with E-state index < -0.39 is 17.5 Å². The van der Waals surface area contributed by atoms with Crippen LogP contribution in [0.4, 0.5) is 8.78 Å². The minimum Gasteiger partial charge on any atom is -0.481 e. The Labute approximate surface area is 127 Å². The van der Waals surface area contributed by atoms with Gasteiger partial charge < -0.3 is 15.4 Å². The molecule has 1 aromatic carbocycles. The van der Waals surface area contributed by atoms with E-state index in [1.54, 1.807) is 4.90 Å². The molecule has 0 unspecified atom stereocenters. The number of carbonyl (C=O) groups is 2. The molecule has 0 aromatic heterocycles. The third kappa shape index (κ3) is 4.16. The Morgan fingerprint density at radius 3 is 2.77 bits per heavy atom. The van der Waals surface area contributed by atoms with Crippen LogP contribution >= 0.6 is 0 Å². The molecule has 7 heteroatoms. The van der Waals surface area contributed by atoms with Crippen LogP contribution in [0.15, 0.2) is 18.2 Å². The Hall–Kier alpha value is -2.18. The average molecular weight is 312 g/mol. The maximum absolute atomic E-state index is 13.4. The van der Waals surface area contributed by atoms with Crippen molar-refractivity contribution in [1.82, 2.24) is 4.90 Å². The van der Waals surface area contributed by atoms with Gasteiger partial charge in [0.2, 0.25) is 5.91 Å². The van der Waals surface area contributed by atoms with Gasteiger partial charge in [0.05, 0.1) is 0 Å². The fraction of sp³-hybridized carbons (Fsp3) is 0.467. The van der Waals surface area contributed by atoms with E-state index in [0.717, 1.165) is 25.0 Å². The van der Waals surface area contributed by atoms with E-state index in [1.165, 1.54) is 0 Å². The number of hydrogen-bond donors (Lipinski definition) is 1. The molecule has 0 aliphatic carbocycles. The van der Waals surface area contributed by atoms with Crippen LogP contribution in [-0.2, 0) is 9.59 Å². The molecular weight excluding hydrogens is 294 g/mol. The highest BCUT2D eigenvalue weighted by Gasteiger charge is 2.28. The summed E-state index contributed by atoms with van der Waals surface area (Å²) in [5.74, 6) is -2.56. The van der Waals surface area contributed by atoms with Crippen LogP contribution in [0, 0.1) is 11.6 Å². The van der Waals surface area contributed by atoms with E-state index >= 15 is 0 Å². The lowest BCUT2D eigenvalue weighted by Gasteiger charge is -2.35. The fourth-order valence-electron chi connectivity index (χ4n) is 2.59. The first kappa shape index (κ1) is 16.2. The molecule has 1 aliphatic heterocycles. The maximum atomic E-state index is 13.4. The number of primary amides is 1. The zero-order valence-corrected chi connectivity index (χ0v) is 12.1. The molecule has 1 saturated heterocycles. The van der Waals surface area contributed by atoms with Crippen LogP contribution in [0.25, 0.3) is 0 Å². The van der Waals surface area contributed by atoms with Crippen molar-refractivity contribution in [3.63, 3.8) is 0 Å². The summed E-state index contributed by atoms with van der Waals surface area (Å²) in [6, 6.07) is 2.64. The standard InChI is InChI=1S/C15H18F2N2O3/c16-10-4-5-13(12(17)7-10)22-9-15(21)19-6-2-1-3-11(19)8-14(18)20/h4-5,7,11H,1-3,6,8-9H2,(H2,18,20)/t11-/m1/s1. The third-order valence-electron chi connectivity index (χ3n) is 3.63. The van der Waals surface area contributed by atoms with Gasteiger partial charge >= 0.3 is 0 Å². The van der Waals surface area contributed by atoms with Crippen LogP contribution in [0.5, 0.6) is 5.75 Å². The van der Waals surface area contributed by atoms with E-state index in [1.807, 2.05) is 0 Å². The molecule has 2 rings (SSSR count). The van der Waals surface area contributed by atoms with Crippen molar-refractivity contribution in [2.24, 2.45) is 5.73 Å². The first-order valence-electron chi connectivity index (χ1n) is 7.13. The number of halogens is 2. The quantitative estimate of drug-likeness (QED) is 0.897.